The Bertz CT molecular complexity index is 527. The van der Waals surface area contributed by atoms with E-state index in [2.05, 4.69) is 0 Å². The van der Waals surface area contributed by atoms with E-state index < -0.39 is 21.8 Å². The Morgan fingerprint density at radius 2 is 1.89 bits per heavy atom. The zero-order valence-electron chi connectivity index (χ0n) is 10.5. The molecule has 0 fully saturated rings. The van der Waals surface area contributed by atoms with Gasteiger partial charge in [-0.1, -0.05) is 0 Å². The molecule has 0 heterocycles. The van der Waals surface area contributed by atoms with Crippen molar-refractivity contribution < 1.29 is 22.7 Å². The Hall–Kier alpha value is -1.63. The van der Waals surface area contributed by atoms with Gasteiger partial charge in [0.2, 0.25) is 10.0 Å². The number of carboxylic acid groups (broad SMARTS) is 1. The molecule has 0 atom stereocenters. The minimum absolute atomic E-state index is 0.0510. The van der Waals surface area contributed by atoms with Gasteiger partial charge in [0, 0.05) is 13.0 Å². The predicted molar refractivity (Wildman–Crippen MR) is 70.1 cm³/mol. The molecule has 1 rings (SSSR count). The highest BCUT2D eigenvalue weighted by Gasteiger charge is 2.21. The largest absolute Gasteiger partial charge is 0.481 e. The van der Waals surface area contributed by atoms with E-state index in [0.29, 0.717) is 5.69 Å². The van der Waals surface area contributed by atoms with Gasteiger partial charge >= 0.3 is 5.97 Å². The van der Waals surface area contributed by atoms with Gasteiger partial charge in [-0.3, -0.25) is 9.10 Å². The van der Waals surface area contributed by atoms with Crippen LogP contribution in [0.5, 0.6) is 0 Å². The first kappa shape index (κ1) is 15.4. The van der Waals surface area contributed by atoms with Crippen molar-refractivity contribution in [3.05, 3.63) is 30.1 Å². The van der Waals surface area contributed by atoms with Crippen molar-refractivity contribution in [3.8, 4) is 0 Å². The fourth-order valence-corrected chi connectivity index (χ4v) is 3.23. The summed E-state index contributed by atoms with van der Waals surface area (Å²) >= 11 is 0. The summed E-state index contributed by atoms with van der Waals surface area (Å²) < 4.78 is 38.1. The number of benzene rings is 1. The summed E-state index contributed by atoms with van der Waals surface area (Å²) in [5.41, 5.74) is 0.374. The normalized spacial score (nSPS) is 11.3. The van der Waals surface area contributed by atoms with Crippen LogP contribution in [0.15, 0.2) is 24.3 Å². The van der Waals surface area contributed by atoms with E-state index in [1.54, 1.807) is 6.92 Å². The second kappa shape index (κ2) is 6.51. The molecule has 0 saturated heterocycles. The van der Waals surface area contributed by atoms with Crippen molar-refractivity contribution in [1.29, 1.82) is 0 Å². The molecule has 5 nitrogen and oxygen atoms in total. The number of rotatable bonds is 7. The maximum absolute atomic E-state index is 12.8. The molecule has 0 spiro atoms. The summed E-state index contributed by atoms with van der Waals surface area (Å²) in [7, 11) is -3.59. The van der Waals surface area contributed by atoms with Crippen molar-refractivity contribution in [2.24, 2.45) is 0 Å². The summed E-state index contributed by atoms with van der Waals surface area (Å²) in [6.45, 7) is 1.87. The second-order valence-corrected chi connectivity index (χ2v) is 5.97. The van der Waals surface area contributed by atoms with Crippen molar-refractivity contribution in [1.82, 2.24) is 0 Å². The van der Waals surface area contributed by atoms with Crippen LogP contribution in [0.1, 0.15) is 19.8 Å². The van der Waals surface area contributed by atoms with Gasteiger partial charge in [0.25, 0.3) is 0 Å². The lowest BCUT2D eigenvalue weighted by Gasteiger charge is -2.22. The van der Waals surface area contributed by atoms with Gasteiger partial charge in [-0.2, -0.15) is 0 Å². The van der Waals surface area contributed by atoms with E-state index in [1.165, 1.54) is 24.3 Å². The van der Waals surface area contributed by atoms with E-state index in [4.69, 9.17) is 5.11 Å². The molecule has 1 aromatic carbocycles. The maximum atomic E-state index is 12.8. The molecule has 0 aliphatic heterocycles. The van der Waals surface area contributed by atoms with E-state index in [0.717, 1.165) is 4.31 Å². The van der Waals surface area contributed by atoms with Crippen LogP contribution in [0.25, 0.3) is 0 Å². The van der Waals surface area contributed by atoms with Gasteiger partial charge in [-0.15, -0.1) is 0 Å². The van der Waals surface area contributed by atoms with Gasteiger partial charge in [0.05, 0.1) is 11.4 Å². The smallest absolute Gasteiger partial charge is 0.303 e. The molecule has 1 N–H and O–H groups in total. The second-order valence-electron chi connectivity index (χ2n) is 3.95. The number of anilines is 1. The van der Waals surface area contributed by atoms with Crippen LogP contribution in [0.3, 0.4) is 0 Å². The van der Waals surface area contributed by atoms with E-state index in [9.17, 15) is 17.6 Å². The molecule has 0 bridgehead atoms. The molecule has 0 radical (unpaired) electrons. The van der Waals surface area contributed by atoms with Crippen molar-refractivity contribution in [2.45, 2.75) is 19.8 Å². The van der Waals surface area contributed by atoms with Crippen LogP contribution < -0.4 is 4.31 Å². The molecule has 0 aliphatic rings. The third kappa shape index (κ3) is 4.51. The molecule has 0 saturated carbocycles. The minimum atomic E-state index is -3.59. The average molecular weight is 289 g/mol. The lowest BCUT2D eigenvalue weighted by molar-refractivity contribution is -0.137. The average Bonchev–Trinajstić information content (AvgIpc) is 2.31. The predicted octanol–water partition coefficient (Wildman–Crippen LogP) is 1.85. The van der Waals surface area contributed by atoms with E-state index in [1.807, 2.05) is 0 Å². The summed E-state index contributed by atoms with van der Waals surface area (Å²) in [4.78, 5) is 10.4. The third-order valence-corrected chi connectivity index (χ3v) is 4.48. The molecular weight excluding hydrogens is 273 g/mol. The number of aliphatic carboxylic acids is 1. The van der Waals surface area contributed by atoms with Crippen molar-refractivity contribution in [3.63, 3.8) is 0 Å². The lowest BCUT2D eigenvalue weighted by atomic mass is 10.3. The molecule has 7 heteroatoms. The summed E-state index contributed by atoms with van der Waals surface area (Å²) in [5, 5.41) is 8.50. The van der Waals surface area contributed by atoms with Crippen molar-refractivity contribution in [2.75, 3.05) is 16.6 Å². The van der Waals surface area contributed by atoms with Crippen LogP contribution in [0.2, 0.25) is 0 Å². The Kier molecular flexibility index (Phi) is 5.29. The van der Waals surface area contributed by atoms with Crippen molar-refractivity contribution >= 4 is 21.7 Å². The third-order valence-electron chi connectivity index (χ3n) is 2.53. The number of hydrogen-bond acceptors (Lipinski definition) is 3. The van der Waals surface area contributed by atoms with Crippen LogP contribution in [-0.4, -0.2) is 31.8 Å². The SMILES string of the molecule is CCN(c1ccc(F)cc1)S(=O)(=O)CCCC(=O)O. The number of hydrogen-bond donors (Lipinski definition) is 1. The highest BCUT2D eigenvalue weighted by molar-refractivity contribution is 7.92. The van der Waals surface area contributed by atoms with Crippen LogP contribution in [-0.2, 0) is 14.8 Å². The van der Waals surface area contributed by atoms with Crippen LogP contribution >= 0.6 is 0 Å². The number of sulfonamides is 1. The Morgan fingerprint density at radius 1 is 1.32 bits per heavy atom. The summed E-state index contributed by atoms with van der Waals surface area (Å²) in [6, 6.07) is 5.14. The van der Waals surface area contributed by atoms with Crippen LogP contribution in [0.4, 0.5) is 10.1 Å². The zero-order valence-corrected chi connectivity index (χ0v) is 11.4. The van der Waals surface area contributed by atoms with Gasteiger partial charge in [-0.05, 0) is 37.6 Å². The lowest BCUT2D eigenvalue weighted by Crippen LogP contribution is -2.33. The molecule has 1 aromatic rings. The fourth-order valence-electron chi connectivity index (χ4n) is 1.66. The molecule has 106 valence electrons. The highest BCUT2D eigenvalue weighted by atomic mass is 32.2. The topological polar surface area (TPSA) is 74.7 Å². The number of halogens is 1. The Labute approximate surface area is 111 Å². The van der Waals surface area contributed by atoms with Gasteiger partial charge in [-0.25, -0.2) is 12.8 Å². The fraction of sp³-hybridized carbons (Fsp3) is 0.417. The molecule has 19 heavy (non-hydrogen) atoms. The summed E-state index contributed by atoms with van der Waals surface area (Å²) in [5.74, 6) is -1.71. The van der Waals surface area contributed by atoms with Gasteiger partial charge in [0.15, 0.2) is 0 Å². The molecule has 0 unspecified atom stereocenters. The number of carbonyl (C=O) groups is 1. The van der Waals surface area contributed by atoms with E-state index >= 15 is 0 Å². The molecule has 0 amide bonds. The van der Waals surface area contributed by atoms with Crippen LogP contribution in [0, 0.1) is 5.82 Å². The zero-order chi connectivity index (χ0) is 14.5. The first-order chi connectivity index (χ1) is 8.86. The van der Waals surface area contributed by atoms with Gasteiger partial charge in [0.1, 0.15) is 5.82 Å². The quantitative estimate of drug-likeness (QED) is 0.831. The first-order valence-corrected chi connectivity index (χ1v) is 7.45. The number of carboxylic acids is 1. The maximum Gasteiger partial charge on any atom is 0.303 e. The molecule has 0 aromatic heterocycles. The first-order valence-electron chi connectivity index (χ1n) is 5.84. The van der Waals surface area contributed by atoms with E-state index in [-0.39, 0.29) is 25.1 Å². The Balaban J connectivity index is 2.83. The van der Waals surface area contributed by atoms with Gasteiger partial charge < -0.3 is 5.11 Å². The molecular formula is C12H16FNO4S. The standard InChI is InChI=1S/C12H16FNO4S/c1-2-14(11-7-5-10(13)6-8-11)19(17,18)9-3-4-12(15)16/h5-8H,2-4,9H2,1H3,(H,15,16). The summed E-state index contributed by atoms with van der Waals surface area (Å²) in [6.07, 6.45) is -0.143. The minimum Gasteiger partial charge on any atom is -0.481 e. The molecule has 0 aliphatic carbocycles. The monoisotopic (exact) mass is 289 g/mol. The number of nitrogens with zero attached hydrogens (tertiary/aromatic N) is 1. The highest BCUT2D eigenvalue weighted by Crippen LogP contribution is 2.19. The Morgan fingerprint density at radius 3 is 2.37 bits per heavy atom.